The first-order valence-corrected chi connectivity index (χ1v) is 8.02. The maximum absolute atomic E-state index is 12.8. The standard InChI is InChI=1S/C19H19NO3/c1-2-13-3-6-15(7-4-13)20-18(21)19(9-10-19)14-5-8-16-17(11-14)23-12-22-16/h3-8,11H,2,9-10,12H2,1H3,(H,20,21). The fraction of sp³-hybridized carbons (Fsp3) is 0.316. The van der Waals surface area contributed by atoms with Crippen LogP contribution in [0.1, 0.15) is 30.9 Å². The van der Waals surface area contributed by atoms with Crippen LogP contribution in [0.25, 0.3) is 0 Å². The van der Waals surface area contributed by atoms with E-state index in [0.717, 1.165) is 42.0 Å². The Morgan fingerprint density at radius 1 is 1.09 bits per heavy atom. The van der Waals surface area contributed by atoms with Crippen LogP contribution in [0.4, 0.5) is 5.69 Å². The molecule has 0 saturated heterocycles. The average molecular weight is 309 g/mol. The normalized spacial score (nSPS) is 16.9. The number of hydrogen-bond acceptors (Lipinski definition) is 3. The van der Waals surface area contributed by atoms with E-state index in [1.807, 2.05) is 30.3 Å². The maximum atomic E-state index is 12.8. The number of ether oxygens (including phenoxy) is 2. The molecule has 23 heavy (non-hydrogen) atoms. The van der Waals surface area contributed by atoms with Crippen molar-refractivity contribution in [3.05, 3.63) is 53.6 Å². The lowest BCUT2D eigenvalue weighted by atomic mass is 9.94. The summed E-state index contributed by atoms with van der Waals surface area (Å²) < 4.78 is 10.8. The predicted molar refractivity (Wildman–Crippen MR) is 87.9 cm³/mol. The number of aryl methyl sites for hydroxylation is 1. The SMILES string of the molecule is CCc1ccc(NC(=O)C2(c3ccc4c(c3)OCO4)CC2)cc1. The number of hydrogen-bond donors (Lipinski definition) is 1. The molecule has 1 N–H and O–H groups in total. The summed E-state index contributed by atoms with van der Waals surface area (Å²) in [6, 6.07) is 13.8. The molecule has 1 heterocycles. The zero-order chi connectivity index (χ0) is 15.9. The van der Waals surface area contributed by atoms with Crippen LogP contribution < -0.4 is 14.8 Å². The predicted octanol–water partition coefficient (Wildman–Crippen LogP) is 3.65. The van der Waals surface area contributed by atoms with Gasteiger partial charge in [-0.1, -0.05) is 25.1 Å². The van der Waals surface area contributed by atoms with Crippen molar-refractivity contribution in [2.24, 2.45) is 0 Å². The van der Waals surface area contributed by atoms with Crippen LogP contribution in [0, 0.1) is 0 Å². The van der Waals surface area contributed by atoms with Crippen molar-refractivity contribution in [3.8, 4) is 11.5 Å². The van der Waals surface area contributed by atoms with Crippen molar-refractivity contribution in [1.82, 2.24) is 0 Å². The van der Waals surface area contributed by atoms with Gasteiger partial charge >= 0.3 is 0 Å². The van der Waals surface area contributed by atoms with Crippen molar-refractivity contribution in [2.45, 2.75) is 31.6 Å². The second kappa shape index (κ2) is 5.30. The highest BCUT2D eigenvalue weighted by atomic mass is 16.7. The van der Waals surface area contributed by atoms with Gasteiger partial charge < -0.3 is 14.8 Å². The molecule has 4 heteroatoms. The summed E-state index contributed by atoms with van der Waals surface area (Å²) in [5.74, 6) is 1.54. The molecule has 118 valence electrons. The van der Waals surface area contributed by atoms with E-state index in [1.54, 1.807) is 0 Å². The van der Waals surface area contributed by atoms with E-state index in [9.17, 15) is 4.79 Å². The second-order valence-electron chi connectivity index (χ2n) is 6.15. The van der Waals surface area contributed by atoms with Crippen LogP contribution in [0.5, 0.6) is 11.5 Å². The first kappa shape index (κ1) is 14.1. The lowest BCUT2D eigenvalue weighted by molar-refractivity contribution is -0.118. The molecule has 2 aromatic rings. The number of benzene rings is 2. The van der Waals surface area contributed by atoms with Crippen LogP contribution in [0.3, 0.4) is 0 Å². The van der Waals surface area contributed by atoms with Gasteiger partial charge in [-0.15, -0.1) is 0 Å². The Balaban J connectivity index is 1.55. The average Bonchev–Trinajstić information content (AvgIpc) is 3.27. The van der Waals surface area contributed by atoms with Crippen LogP contribution in [-0.2, 0) is 16.6 Å². The Kier molecular flexibility index (Phi) is 3.26. The molecule has 1 aliphatic heterocycles. The lowest BCUT2D eigenvalue weighted by Crippen LogP contribution is -2.27. The zero-order valence-electron chi connectivity index (χ0n) is 13.1. The third-order valence-corrected chi connectivity index (χ3v) is 4.73. The lowest BCUT2D eigenvalue weighted by Gasteiger charge is -2.16. The van der Waals surface area contributed by atoms with E-state index in [4.69, 9.17) is 9.47 Å². The molecule has 1 amide bonds. The maximum Gasteiger partial charge on any atom is 0.235 e. The summed E-state index contributed by atoms with van der Waals surface area (Å²) in [5, 5.41) is 3.05. The molecule has 2 aromatic carbocycles. The number of carbonyl (C=O) groups excluding carboxylic acids is 1. The van der Waals surface area contributed by atoms with Gasteiger partial charge in [0.2, 0.25) is 12.7 Å². The number of fused-ring (bicyclic) bond motifs is 1. The van der Waals surface area contributed by atoms with Gasteiger partial charge in [-0.25, -0.2) is 0 Å². The van der Waals surface area contributed by atoms with Crippen LogP contribution >= 0.6 is 0 Å². The summed E-state index contributed by atoms with van der Waals surface area (Å²) in [7, 11) is 0. The second-order valence-corrected chi connectivity index (χ2v) is 6.15. The van der Waals surface area contributed by atoms with E-state index >= 15 is 0 Å². The molecular weight excluding hydrogens is 290 g/mol. The van der Waals surface area contributed by atoms with Gasteiger partial charge in [0.1, 0.15) is 0 Å². The first-order valence-electron chi connectivity index (χ1n) is 8.02. The fourth-order valence-electron chi connectivity index (χ4n) is 3.04. The highest BCUT2D eigenvalue weighted by Gasteiger charge is 2.51. The quantitative estimate of drug-likeness (QED) is 0.938. The molecule has 4 nitrogen and oxygen atoms in total. The first-order chi connectivity index (χ1) is 11.2. The van der Waals surface area contributed by atoms with E-state index in [0.29, 0.717) is 0 Å². The minimum absolute atomic E-state index is 0.0561. The Hall–Kier alpha value is -2.49. The monoisotopic (exact) mass is 309 g/mol. The Labute approximate surface area is 135 Å². The molecule has 0 unspecified atom stereocenters. The highest BCUT2D eigenvalue weighted by molar-refractivity contribution is 6.01. The van der Waals surface area contributed by atoms with Gasteiger partial charge in [0.05, 0.1) is 5.41 Å². The summed E-state index contributed by atoms with van der Waals surface area (Å²) in [4.78, 5) is 12.8. The molecule has 1 aliphatic carbocycles. The van der Waals surface area contributed by atoms with Crippen LogP contribution in [0.2, 0.25) is 0 Å². The molecule has 4 rings (SSSR count). The number of rotatable bonds is 4. The molecule has 0 atom stereocenters. The van der Waals surface area contributed by atoms with Crippen LogP contribution in [0.15, 0.2) is 42.5 Å². The van der Waals surface area contributed by atoms with Gasteiger partial charge in [-0.05, 0) is 54.7 Å². The Morgan fingerprint density at radius 3 is 2.52 bits per heavy atom. The smallest absolute Gasteiger partial charge is 0.235 e. The molecule has 0 bridgehead atoms. The summed E-state index contributed by atoms with van der Waals surface area (Å²) in [6.45, 7) is 2.37. The van der Waals surface area contributed by atoms with Crippen molar-refractivity contribution < 1.29 is 14.3 Å². The van der Waals surface area contributed by atoms with Gasteiger partial charge in [-0.3, -0.25) is 4.79 Å². The third-order valence-electron chi connectivity index (χ3n) is 4.73. The fourth-order valence-corrected chi connectivity index (χ4v) is 3.04. The Morgan fingerprint density at radius 2 is 1.83 bits per heavy atom. The molecule has 1 saturated carbocycles. The number of amides is 1. The van der Waals surface area contributed by atoms with E-state index in [2.05, 4.69) is 24.4 Å². The van der Waals surface area contributed by atoms with Gasteiger partial charge in [0, 0.05) is 5.69 Å². The molecule has 0 spiro atoms. The van der Waals surface area contributed by atoms with Crippen molar-refractivity contribution in [2.75, 3.05) is 12.1 Å². The van der Waals surface area contributed by atoms with E-state index in [-0.39, 0.29) is 12.7 Å². The van der Waals surface area contributed by atoms with Crippen molar-refractivity contribution >= 4 is 11.6 Å². The topological polar surface area (TPSA) is 47.6 Å². The summed E-state index contributed by atoms with van der Waals surface area (Å²) >= 11 is 0. The summed E-state index contributed by atoms with van der Waals surface area (Å²) in [6.07, 6.45) is 2.73. The molecule has 0 radical (unpaired) electrons. The molecule has 2 aliphatic rings. The molecule has 0 aromatic heterocycles. The van der Waals surface area contributed by atoms with E-state index < -0.39 is 5.41 Å². The van der Waals surface area contributed by atoms with Gasteiger partial charge in [-0.2, -0.15) is 0 Å². The number of anilines is 1. The largest absolute Gasteiger partial charge is 0.454 e. The van der Waals surface area contributed by atoms with Gasteiger partial charge in [0.15, 0.2) is 11.5 Å². The minimum Gasteiger partial charge on any atom is -0.454 e. The van der Waals surface area contributed by atoms with Crippen LogP contribution in [-0.4, -0.2) is 12.7 Å². The molecule has 1 fully saturated rings. The summed E-state index contributed by atoms with van der Waals surface area (Å²) in [5.41, 5.74) is 2.69. The molecular formula is C19H19NO3. The van der Waals surface area contributed by atoms with Crippen molar-refractivity contribution in [1.29, 1.82) is 0 Å². The highest BCUT2D eigenvalue weighted by Crippen LogP contribution is 2.51. The number of carbonyl (C=O) groups is 1. The third kappa shape index (κ3) is 2.44. The Bertz CT molecular complexity index is 748. The zero-order valence-corrected chi connectivity index (χ0v) is 13.1. The van der Waals surface area contributed by atoms with E-state index in [1.165, 1.54) is 5.56 Å². The van der Waals surface area contributed by atoms with Gasteiger partial charge in [0.25, 0.3) is 0 Å². The minimum atomic E-state index is -0.426. The number of nitrogens with one attached hydrogen (secondary N) is 1. The van der Waals surface area contributed by atoms with Crippen molar-refractivity contribution in [3.63, 3.8) is 0 Å².